The molecule has 0 saturated carbocycles. The van der Waals surface area contributed by atoms with Crippen molar-refractivity contribution in [2.75, 3.05) is 0 Å². The fraction of sp³-hybridized carbons (Fsp3) is 0.0667. The second-order valence-electron chi connectivity index (χ2n) is 4.19. The number of halogens is 1. The van der Waals surface area contributed by atoms with Gasteiger partial charge in [-0.2, -0.15) is 0 Å². The van der Waals surface area contributed by atoms with Gasteiger partial charge in [-0.3, -0.25) is 0 Å². The van der Waals surface area contributed by atoms with E-state index in [1.165, 1.54) is 18.4 Å². The fourth-order valence-electron chi connectivity index (χ4n) is 1.83. The van der Waals surface area contributed by atoms with Crippen LogP contribution >= 0.6 is 0 Å². The molecule has 0 amide bonds. The molecule has 1 heterocycles. The van der Waals surface area contributed by atoms with Crippen LogP contribution in [-0.4, -0.2) is 5.11 Å². The zero-order valence-corrected chi connectivity index (χ0v) is 9.97. The van der Waals surface area contributed by atoms with Gasteiger partial charge in [0, 0.05) is 6.07 Å². The Morgan fingerprint density at radius 1 is 1.11 bits per heavy atom. The lowest BCUT2D eigenvalue weighted by Crippen LogP contribution is -1.95. The minimum Gasteiger partial charge on any atom is -0.504 e. The molecule has 0 fully saturated rings. The van der Waals surface area contributed by atoms with Gasteiger partial charge < -0.3 is 14.3 Å². The van der Waals surface area contributed by atoms with Gasteiger partial charge in [0.2, 0.25) is 0 Å². The quantitative estimate of drug-likeness (QED) is 0.775. The standard InChI is InChI=1S/C15H11FO3/c16-11-3-1-10(2-4-11)8-18-12-5-6-13-14(17)9-19-15(13)7-12/h1-7,9,17H,8H2. The van der Waals surface area contributed by atoms with Crippen LogP contribution in [0.5, 0.6) is 11.5 Å². The van der Waals surface area contributed by atoms with E-state index in [1.807, 2.05) is 0 Å². The molecule has 3 nitrogen and oxygen atoms in total. The van der Waals surface area contributed by atoms with E-state index in [0.29, 0.717) is 23.3 Å². The van der Waals surface area contributed by atoms with Crippen molar-refractivity contribution >= 4 is 11.0 Å². The van der Waals surface area contributed by atoms with Crippen molar-refractivity contribution in [3.63, 3.8) is 0 Å². The number of hydrogen-bond acceptors (Lipinski definition) is 3. The van der Waals surface area contributed by atoms with Gasteiger partial charge in [-0.1, -0.05) is 12.1 Å². The van der Waals surface area contributed by atoms with Crippen LogP contribution in [0.2, 0.25) is 0 Å². The first-order chi connectivity index (χ1) is 9.22. The minimum absolute atomic E-state index is 0.111. The predicted octanol–water partition coefficient (Wildman–Crippen LogP) is 3.86. The molecule has 1 N–H and O–H groups in total. The summed E-state index contributed by atoms with van der Waals surface area (Å²) in [7, 11) is 0. The molecular formula is C15H11FO3. The first-order valence-corrected chi connectivity index (χ1v) is 5.80. The van der Waals surface area contributed by atoms with Crippen molar-refractivity contribution in [2.24, 2.45) is 0 Å². The molecular weight excluding hydrogens is 247 g/mol. The average Bonchev–Trinajstić information content (AvgIpc) is 2.79. The third-order valence-corrected chi connectivity index (χ3v) is 2.85. The van der Waals surface area contributed by atoms with E-state index < -0.39 is 0 Å². The number of furan rings is 1. The number of hydrogen-bond donors (Lipinski definition) is 1. The highest BCUT2D eigenvalue weighted by molar-refractivity contribution is 5.84. The Labute approximate surface area is 108 Å². The van der Waals surface area contributed by atoms with E-state index in [-0.39, 0.29) is 11.6 Å². The summed E-state index contributed by atoms with van der Waals surface area (Å²) >= 11 is 0. The van der Waals surface area contributed by atoms with Crippen LogP contribution in [0.15, 0.2) is 53.1 Å². The van der Waals surface area contributed by atoms with Crippen molar-refractivity contribution in [2.45, 2.75) is 6.61 Å². The molecule has 0 saturated heterocycles. The van der Waals surface area contributed by atoms with Crippen molar-refractivity contribution < 1.29 is 18.7 Å². The van der Waals surface area contributed by atoms with Crippen LogP contribution in [0.4, 0.5) is 4.39 Å². The third-order valence-electron chi connectivity index (χ3n) is 2.85. The highest BCUT2D eigenvalue weighted by Gasteiger charge is 2.05. The van der Waals surface area contributed by atoms with E-state index >= 15 is 0 Å². The van der Waals surface area contributed by atoms with E-state index in [4.69, 9.17) is 9.15 Å². The van der Waals surface area contributed by atoms with Gasteiger partial charge in [0.1, 0.15) is 30.0 Å². The van der Waals surface area contributed by atoms with Gasteiger partial charge >= 0.3 is 0 Å². The molecule has 3 rings (SSSR count). The lowest BCUT2D eigenvalue weighted by Gasteiger charge is -2.06. The number of rotatable bonds is 3. The Morgan fingerprint density at radius 3 is 2.68 bits per heavy atom. The van der Waals surface area contributed by atoms with Gasteiger partial charge in [-0.15, -0.1) is 0 Å². The second kappa shape index (κ2) is 4.65. The normalized spacial score (nSPS) is 10.8. The van der Waals surface area contributed by atoms with Gasteiger partial charge in [0.15, 0.2) is 5.75 Å². The molecule has 0 aliphatic heterocycles. The van der Waals surface area contributed by atoms with Gasteiger partial charge in [0.05, 0.1) is 5.39 Å². The molecule has 0 aliphatic rings. The second-order valence-corrected chi connectivity index (χ2v) is 4.19. The number of fused-ring (bicyclic) bond motifs is 1. The summed E-state index contributed by atoms with van der Waals surface area (Å²) in [6.45, 7) is 0.346. The maximum atomic E-state index is 12.7. The van der Waals surface area contributed by atoms with Gasteiger partial charge in [-0.05, 0) is 29.8 Å². The van der Waals surface area contributed by atoms with E-state index in [1.54, 1.807) is 30.3 Å². The average molecular weight is 258 g/mol. The summed E-state index contributed by atoms with van der Waals surface area (Å²) in [4.78, 5) is 0. The highest BCUT2D eigenvalue weighted by Crippen LogP contribution is 2.29. The fourth-order valence-corrected chi connectivity index (χ4v) is 1.83. The summed E-state index contributed by atoms with van der Waals surface area (Å²) in [5, 5.41) is 10.1. The highest BCUT2D eigenvalue weighted by atomic mass is 19.1. The topological polar surface area (TPSA) is 42.6 Å². The number of ether oxygens (including phenoxy) is 1. The maximum Gasteiger partial charge on any atom is 0.161 e. The third kappa shape index (κ3) is 2.38. The Morgan fingerprint density at radius 2 is 1.89 bits per heavy atom. The molecule has 2 aromatic carbocycles. The molecule has 0 spiro atoms. The van der Waals surface area contributed by atoms with Gasteiger partial charge in [0.25, 0.3) is 0 Å². The van der Waals surface area contributed by atoms with Crippen LogP contribution in [0.25, 0.3) is 11.0 Å². The molecule has 3 aromatic rings. The molecule has 0 atom stereocenters. The van der Waals surface area contributed by atoms with Crippen molar-refractivity contribution in [3.8, 4) is 11.5 Å². The molecule has 1 aromatic heterocycles. The smallest absolute Gasteiger partial charge is 0.161 e. The summed E-state index contributed by atoms with van der Waals surface area (Å²) in [5.74, 6) is 0.475. The molecule has 0 radical (unpaired) electrons. The lowest BCUT2D eigenvalue weighted by molar-refractivity contribution is 0.306. The van der Waals surface area contributed by atoms with Crippen LogP contribution in [0, 0.1) is 5.82 Å². The van der Waals surface area contributed by atoms with E-state index in [9.17, 15) is 9.50 Å². The first-order valence-electron chi connectivity index (χ1n) is 5.80. The summed E-state index contributed by atoms with van der Waals surface area (Å²) in [6, 6.07) is 11.3. The van der Waals surface area contributed by atoms with Crippen LogP contribution in [-0.2, 0) is 6.61 Å². The van der Waals surface area contributed by atoms with Crippen molar-refractivity contribution in [1.82, 2.24) is 0 Å². The van der Waals surface area contributed by atoms with Crippen LogP contribution < -0.4 is 4.74 Å². The lowest BCUT2D eigenvalue weighted by atomic mass is 10.2. The summed E-state index contributed by atoms with van der Waals surface area (Å²) in [5.41, 5.74) is 1.44. The summed E-state index contributed by atoms with van der Waals surface area (Å²) < 4.78 is 23.5. The molecule has 19 heavy (non-hydrogen) atoms. The van der Waals surface area contributed by atoms with Crippen molar-refractivity contribution in [3.05, 3.63) is 60.1 Å². The van der Waals surface area contributed by atoms with Gasteiger partial charge in [-0.25, -0.2) is 4.39 Å². The van der Waals surface area contributed by atoms with Crippen LogP contribution in [0.3, 0.4) is 0 Å². The molecule has 96 valence electrons. The number of benzene rings is 2. The van der Waals surface area contributed by atoms with E-state index in [2.05, 4.69) is 0 Å². The molecule has 0 aliphatic carbocycles. The van der Waals surface area contributed by atoms with Crippen LogP contribution in [0.1, 0.15) is 5.56 Å². The van der Waals surface area contributed by atoms with Crippen molar-refractivity contribution in [1.29, 1.82) is 0 Å². The Kier molecular flexibility index (Phi) is 2.83. The largest absolute Gasteiger partial charge is 0.504 e. The number of aromatic hydroxyl groups is 1. The SMILES string of the molecule is Oc1coc2cc(OCc3ccc(F)cc3)ccc12. The zero-order valence-electron chi connectivity index (χ0n) is 9.97. The Hall–Kier alpha value is -2.49. The predicted molar refractivity (Wildman–Crippen MR) is 68.6 cm³/mol. The Bertz CT molecular complexity index is 701. The van der Waals surface area contributed by atoms with E-state index in [0.717, 1.165) is 5.56 Å². The minimum atomic E-state index is -0.267. The molecule has 0 unspecified atom stereocenters. The zero-order chi connectivity index (χ0) is 13.2. The Balaban J connectivity index is 1.76. The maximum absolute atomic E-state index is 12.7. The molecule has 4 heteroatoms. The monoisotopic (exact) mass is 258 g/mol. The molecule has 0 bridgehead atoms. The summed E-state index contributed by atoms with van der Waals surface area (Å²) in [6.07, 6.45) is 1.29. The first kappa shape index (κ1) is 11.6.